The first-order valence-corrected chi connectivity index (χ1v) is 4.10. The van der Waals surface area contributed by atoms with Crippen LogP contribution in [0.3, 0.4) is 0 Å². The summed E-state index contributed by atoms with van der Waals surface area (Å²) < 4.78 is 0. The van der Waals surface area contributed by atoms with Crippen LogP contribution in [-0.2, 0) is 0 Å². The zero-order valence-electron chi connectivity index (χ0n) is 6.99. The molecule has 1 heterocycles. The van der Waals surface area contributed by atoms with E-state index < -0.39 is 0 Å². The molecule has 0 saturated heterocycles. The minimum absolute atomic E-state index is 0.426. The van der Waals surface area contributed by atoms with Crippen molar-refractivity contribution >= 4 is 6.21 Å². The van der Waals surface area contributed by atoms with Gasteiger partial charge in [-0.05, 0) is 0 Å². The van der Waals surface area contributed by atoms with Gasteiger partial charge in [0.25, 0.3) is 0 Å². The lowest BCUT2D eigenvalue weighted by Crippen LogP contribution is -2.24. The average molecular weight is 150 g/mol. The summed E-state index contributed by atoms with van der Waals surface area (Å²) in [5.74, 6) is 0.495. The molecule has 2 unspecified atom stereocenters. The number of hydrogen-bond acceptors (Lipinski definition) is 2. The minimum Gasteiger partial charge on any atom is -0.302 e. The van der Waals surface area contributed by atoms with E-state index in [0.29, 0.717) is 12.0 Å². The van der Waals surface area contributed by atoms with Crippen molar-refractivity contribution in [1.29, 1.82) is 0 Å². The Balaban J connectivity index is 0.000000281. The van der Waals surface area contributed by atoms with E-state index in [1.54, 1.807) is 0 Å². The van der Waals surface area contributed by atoms with Crippen molar-refractivity contribution in [2.24, 2.45) is 11.0 Å². The highest BCUT2D eigenvalue weighted by Gasteiger charge is 2.19. The molecule has 0 saturated carbocycles. The molecule has 0 aromatic carbocycles. The van der Waals surface area contributed by atoms with Crippen molar-refractivity contribution in [2.45, 2.75) is 19.9 Å². The van der Waals surface area contributed by atoms with E-state index >= 15 is 0 Å². The highest BCUT2D eigenvalue weighted by molar-refractivity contribution is 5.67. The Labute approximate surface area is 67.7 Å². The molecule has 0 bridgehead atoms. The number of fused-ring (bicyclic) bond motifs is 1. The fraction of sp³-hybridized carbons (Fsp3) is 0.444. The molecule has 0 radical (unpaired) electrons. The zero-order valence-corrected chi connectivity index (χ0v) is 6.99. The predicted octanol–water partition coefficient (Wildman–Crippen LogP) is 1.71. The number of allylic oxidation sites excluding steroid dienone is 2. The van der Waals surface area contributed by atoms with Crippen molar-refractivity contribution < 1.29 is 0 Å². The SMILES string of the molecule is C1=CC2C=NNC2C=C1.CC. The van der Waals surface area contributed by atoms with Crippen LogP contribution in [0.25, 0.3) is 0 Å². The summed E-state index contributed by atoms with van der Waals surface area (Å²) in [6.45, 7) is 4.00. The third kappa shape index (κ3) is 1.70. The Morgan fingerprint density at radius 2 is 1.91 bits per heavy atom. The molecule has 0 fully saturated rings. The largest absolute Gasteiger partial charge is 0.302 e. The van der Waals surface area contributed by atoms with Gasteiger partial charge in [-0.25, -0.2) is 0 Å². The Kier molecular flexibility index (Phi) is 2.90. The van der Waals surface area contributed by atoms with Crippen LogP contribution in [0, 0.1) is 5.92 Å². The lowest BCUT2D eigenvalue weighted by atomic mass is 9.98. The van der Waals surface area contributed by atoms with E-state index in [2.05, 4.69) is 28.8 Å². The molecule has 2 atom stereocenters. The lowest BCUT2D eigenvalue weighted by Gasteiger charge is -2.11. The second-order valence-corrected chi connectivity index (χ2v) is 2.28. The quantitative estimate of drug-likeness (QED) is 0.558. The van der Waals surface area contributed by atoms with Crippen molar-refractivity contribution in [3.05, 3.63) is 24.3 Å². The molecule has 0 aromatic rings. The molecule has 0 amide bonds. The smallest absolute Gasteiger partial charge is 0.0736 e. The van der Waals surface area contributed by atoms with Crippen molar-refractivity contribution in [2.75, 3.05) is 0 Å². The number of rotatable bonds is 0. The summed E-state index contributed by atoms with van der Waals surface area (Å²) in [5, 5.41) is 3.95. The topological polar surface area (TPSA) is 24.4 Å². The molecular formula is C9H14N2. The zero-order chi connectivity index (χ0) is 8.10. The molecule has 1 aliphatic carbocycles. The highest BCUT2D eigenvalue weighted by atomic mass is 15.3. The molecule has 2 rings (SSSR count). The summed E-state index contributed by atoms with van der Waals surface area (Å²) in [5.41, 5.74) is 2.99. The Morgan fingerprint density at radius 3 is 2.64 bits per heavy atom. The first-order chi connectivity index (χ1) is 5.47. The van der Waals surface area contributed by atoms with Crippen LogP contribution >= 0.6 is 0 Å². The van der Waals surface area contributed by atoms with E-state index in [1.807, 2.05) is 26.1 Å². The second-order valence-electron chi connectivity index (χ2n) is 2.28. The number of nitrogens with one attached hydrogen (secondary N) is 1. The van der Waals surface area contributed by atoms with Crippen LogP contribution in [0.15, 0.2) is 29.4 Å². The Morgan fingerprint density at radius 1 is 1.18 bits per heavy atom. The second kappa shape index (κ2) is 3.96. The van der Waals surface area contributed by atoms with Gasteiger partial charge < -0.3 is 5.43 Å². The van der Waals surface area contributed by atoms with Crippen molar-refractivity contribution in [3.63, 3.8) is 0 Å². The van der Waals surface area contributed by atoms with Crippen LogP contribution < -0.4 is 5.43 Å². The molecule has 60 valence electrons. The normalized spacial score (nSPS) is 30.4. The van der Waals surface area contributed by atoms with E-state index in [4.69, 9.17) is 0 Å². The van der Waals surface area contributed by atoms with Gasteiger partial charge in [0, 0.05) is 12.1 Å². The van der Waals surface area contributed by atoms with E-state index in [-0.39, 0.29) is 0 Å². The standard InChI is InChI=1S/C7H8N2.C2H6/c1-2-4-7-6(3-1)5-8-9-7;1-2/h1-7,9H;1-2H3. The molecule has 0 spiro atoms. The summed E-state index contributed by atoms with van der Waals surface area (Å²) in [4.78, 5) is 0. The monoisotopic (exact) mass is 150 g/mol. The van der Waals surface area contributed by atoms with Crippen molar-refractivity contribution in [3.8, 4) is 0 Å². The van der Waals surface area contributed by atoms with Gasteiger partial charge in [-0.1, -0.05) is 38.2 Å². The molecular weight excluding hydrogens is 136 g/mol. The van der Waals surface area contributed by atoms with Gasteiger partial charge in [-0.3, -0.25) is 0 Å². The Bertz CT molecular complexity index is 192. The van der Waals surface area contributed by atoms with Gasteiger partial charge in [0.2, 0.25) is 0 Å². The third-order valence-corrected chi connectivity index (χ3v) is 1.65. The molecule has 2 nitrogen and oxygen atoms in total. The van der Waals surface area contributed by atoms with Crippen LogP contribution in [0.1, 0.15) is 13.8 Å². The number of hydrogen-bond donors (Lipinski definition) is 1. The van der Waals surface area contributed by atoms with Gasteiger partial charge in [-0.15, -0.1) is 0 Å². The minimum atomic E-state index is 0.426. The van der Waals surface area contributed by atoms with Gasteiger partial charge in [0.1, 0.15) is 0 Å². The van der Waals surface area contributed by atoms with Gasteiger partial charge in [0.15, 0.2) is 0 Å². The van der Waals surface area contributed by atoms with E-state index in [1.165, 1.54) is 0 Å². The maximum absolute atomic E-state index is 3.95. The van der Waals surface area contributed by atoms with Crippen LogP contribution in [-0.4, -0.2) is 12.3 Å². The molecule has 0 aromatic heterocycles. The van der Waals surface area contributed by atoms with E-state index in [0.717, 1.165) is 0 Å². The first kappa shape index (κ1) is 8.05. The van der Waals surface area contributed by atoms with Gasteiger partial charge >= 0.3 is 0 Å². The molecule has 2 heteroatoms. The molecule has 2 aliphatic rings. The summed E-state index contributed by atoms with van der Waals surface area (Å²) >= 11 is 0. The van der Waals surface area contributed by atoms with Crippen LogP contribution in [0.2, 0.25) is 0 Å². The fourth-order valence-corrected chi connectivity index (χ4v) is 1.11. The maximum atomic E-state index is 3.95. The highest BCUT2D eigenvalue weighted by Crippen LogP contribution is 2.13. The summed E-state index contributed by atoms with van der Waals surface area (Å²) in [7, 11) is 0. The molecule has 1 aliphatic heterocycles. The molecule has 11 heavy (non-hydrogen) atoms. The third-order valence-electron chi connectivity index (χ3n) is 1.65. The Hall–Kier alpha value is -1.05. The number of hydrazone groups is 1. The summed E-state index contributed by atoms with van der Waals surface area (Å²) in [6, 6.07) is 0.426. The predicted molar refractivity (Wildman–Crippen MR) is 48.5 cm³/mol. The fourth-order valence-electron chi connectivity index (χ4n) is 1.11. The summed E-state index contributed by atoms with van der Waals surface area (Å²) in [6.07, 6.45) is 10.3. The van der Waals surface area contributed by atoms with E-state index in [9.17, 15) is 0 Å². The van der Waals surface area contributed by atoms with Gasteiger partial charge in [-0.2, -0.15) is 5.10 Å². The lowest BCUT2D eigenvalue weighted by molar-refractivity contribution is 0.622. The van der Waals surface area contributed by atoms with Gasteiger partial charge in [0.05, 0.1) is 6.04 Å². The molecule has 1 N–H and O–H groups in total. The van der Waals surface area contributed by atoms with Crippen LogP contribution in [0.5, 0.6) is 0 Å². The first-order valence-electron chi connectivity index (χ1n) is 4.10. The van der Waals surface area contributed by atoms with Crippen molar-refractivity contribution in [1.82, 2.24) is 5.43 Å². The maximum Gasteiger partial charge on any atom is 0.0736 e. The van der Waals surface area contributed by atoms with Crippen LogP contribution in [0.4, 0.5) is 0 Å². The number of nitrogens with zero attached hydrogens (tertiary/aromatic N) is 1. The average Bonchev–Trinajstić information content (AvgIpc) is 2.55.